The molecule has 1 aromatic carbocycles. The molecule has 0 saturated heterocycles. The first-order valence-corrected chi connectivity index (χ1v) is 6.09. The highest BCUT2D eigenvalue weighted by Gasteiger charge is 2.33. The van der Waals surface area contributed by atoms with Crippen molar-refractivity contribution in [2.45, 2.75) is 38.5 Å². The van der Waals surface area contributed by atoms with Crippen LogP contribution in [0.1, 0.15) is 32.6 Å². The zero-order valence-corrected chi connectivity index (χ0v) is 10.5. The number of alkyl halides is 2. The molecule has 0 spiro atoms. The van der Waals surface area contributed by atoms with Crippen molar-refractivity contribution in [3.05, 3.63) is 30.3 Å². The van der Waals surface area contributed by atoms with Gasteiger partial charge >= 0.3 is 5.92 Å². The van der Waals surface area contributed by atoms with Crippen LogP contribution in [0.25, 0.3) is 0 Å². The molecule has 0 amide bonds. The Labute approximate surface area is 106 Å². The molecule has 0 aliphatic rings. The number of unbranched alkanes of at least 4 members (excludes halogenated alkanes) is 2. The van der Waals surface area contributed by atoms with Crippen molar-refractivity contribution in [2.24, 2.45) is 0 Å². The van der Waals surface area contributed by atoms with Crippen LogP contribution >= 0.6 is 0 Å². The van der Waals surface area contributed by atoms with E-state index in [1.165, 1.54) is 0 Å². The first kappa shape index (κ1) is 14.6. The number of para-hydroxylation sites is 1. The quantitative estimate of drug-likeness (QED) is 0.660. The van der Waals surface area contributed by atoms with Gasteiger partial charge in [-0.05, 0) is 31.4 Å². The summed E-state index contributed by atoms with van der Waals surface area (Å²) in [5.74, 6) is -3.44. The Morgan fingerprint density at radius 1 is 1.17 bits per heavy atom. The van der Waals surface area contributed by atoms with Crippen molar-refractivity contribution in [3.63, 3.8) is 0 Å². The predicted molar refractivity (Wildman–Crippen MR) is 66.0 cm³/mol. The van der Waals surface area contributed by atoms with Crippen molar-refractivity contribution in [3.8, 4) is 5.75 Å². The van der Waals surface area contributed by atoms with Crippen molar-refractivity contribution in [2.75, 3.05) is 6.61 Å². The molecule has 1 rings (SSSR count). The van der Waals surface area contributed by atoms with Gasteiger partial charge in [0.25, 0.3) is 0 Å². The number of hydrogen-bond acceptors (Lipinski definition) is 2. The Morgan fingerprint density at radius 3 is 2.44 bits per heavy atom. The van der Waals surface area contributed by atoms with Gasteiger partial charge in [-0.15, -0.1) is 0 Å². The summed E-state index contributed by atoms with van der Waals surface area (Å²) >= 11 is 0. The van der Waals surface area contributed by atoms with Crippen LogP contribution < -0.4 is 4.74 Å². The van der Waals surface area contributed by atoms with Crippen LogP contribution in [-0.4, -0.2) is 18.3 Å². The third-order valence-electron chi connectivity index (χ3n) is 2.66. The Kier molecular flexibility index (Phi) is 5.75. The van der Waals surface area contributed by atoms with Crippen LogP contribution in [0.4, 0.5) is 8.78 Å². The molecule has 18 heavy (non-hydrogen) atoms. The third kappa shape index (κ3) is 5.25. The number of rotatable bonds is 8. The number of ether oxygens (including phenoxy) is 1. The second-order valence-corrected chi connectivity index (χ2v) is 4.23. The lowest BCUT2D eigenvalue weighted by Gasteiger charge is -2.12. The number of benzene rings is 1. The number of ketones is 1. The van der Waals surface area contributed by atoms with E-state index in [-0.39, 0.29) is 6.42 Å². The summed E-state index contributed by atoms with van der Waals surface area (Å²) in [4.78, 5) is 10.6. The molecule has 2 nitrogen and oxygen atoms in total. The van der Waals surface area contributed by atoms with Crippen molar-refractivity contribution in [1.29, 1.82) is 0 Å². The second kappa shape index (κ2) is 7.09. The van der Waals surface area contributed by atoms with Gasteiger partial charge < -0.3 is 4.74 Å². The lowest BCUT2D eigenvalue weighted by Crippen LogP contribution is -2.25. The molecule has 0 unspecified atom stereocenters. The molecule has 0 radical (unpaired) electrons. The summed E-state index contributed by atoms with van der Waals surface area (Å²) in [5, 5.41) is 0. The minimum absolute atomic E-state index is 0.338. The standard InChI is InChI=1S/C14H18F2O2/c1-12(17)14(15,16)10-6-3-7-11-18-13-8-4-2-5-9-13/h2,4-5,8-9H,3,6-7,10-11H2,1H3. The van der Waals surface area contributed by atoms with Crippen LogP contribution in [0.15, 0.2) is 30.3 Å². The van der Waals surface area contributed by atoms with E-state index in [1.54, 1.807) is 0 Å². The van der Waals surface area contributed by atoms with Crippen LogP contribution in [0.5, 0.6) is 5.75 Å². The van der Waals surface area contributed by atoms with E-state index in [0.29, 0.717) is 25.9 Å². The minimum atomic E-state index is -3.17. The lowest BCUT2D eigenvalue weighted by atomic mass is 10.1. The summed E-state index contributed by atoms with van der Waals surface area (Å²) in [5.41, 5.74) is 0. The van der Waals surface area contributed by atoms with Crippen molar-refractivity contribution in [1.82, 2.24) is 0 Å². The molecular formula is C14H18F2O2. The summed E-state index contributed by atoms with van der Waals surface area (Å²) in [6.45, 7) is 1.44. The fourth-order valence-electron chi connectivity index (χ4n) is 1.51. The largest absolute Gasteiger partial charge is 0.494 e. The zero-order chi connectivity index (χ0) is 13.4. The van der Waals surface area contributed by atoms with E-state index in [9.17, 15) is 13.6 Å². The van der Waals surface area contributed by atoms with Gasteiger partial charge in [-0.1, -0.05) is 18.2 Å². The minimum Gasteiger partial charge on any atom is -0.494 e. The van der Waals surface area contributed by atoms with Crippen molar-refractivity contribution >= 4 is 5.78 Å². The molecule has 0 fully saturated rings. The van der Waals surface area contributed by atoms with E-state index >= 15 is 0 Å². The molecule has 4 heteroatoms. The molecule has 0 aliphatic carbocycles. The SMILES string of the molecule is CC(=O)C(F)(F)CCCCCOc1ccccc1. The van der Waals surface area contributed by atoms with Crippen LogP contribution in [0.3, 0.4) is 0 Å². The predicted octanol–water partition coefficient (Wildman–Crippen LogP) is 3.85. The van der Waals surface area contributed by atoms with E-state index in [2.05, 4.69) is 0 Å². The second-order valence-electron chi connectivity index (χ2n) is 4.23. The van der Waals surface area contributed by atoms with Gasteiger partial charge in [-0.25, -0.2) is 0 Å². The lowest BCUT2D eigenvalue weighted by molar-refractivity contribution is -0.141. The number of carbonyl (C=O) groups is 1. The number of Topliss-reactive ketones (excluding diaryl/α,β-unsaturated/α-hetero) is 1. The van der Waals surface area contributed by atoms with E-state index < -0.39 is 11.7 Å². The van der Waals surface area contributed by atoms with E-state index in [1.807, 2.05) is 30.3 Å². The molecule has 0 saturated carbocycles. The Bertz CT molecular complexity index is 363. The Hall–Kier alpha value is -1.45. The van der Waals surface area contributed by atoms with Gasteiger partial charge in [0, 0.05) is 13.3 Å². The molecule has 0 aliphatic heterocycles. The van der Waals surface area contributed by atoms with E-state index in [0.717, 1.165) is 12.7 Å². The molecule has 0 atom stereocenters. The summed E-state index contributed by atoms with van der Waals surface area (Å²) in [6.07, 6.45) is 1.32. The molecular weight excluding hydrogens is 238 g/mol. The molecule has 0 aromatic heterocycles. The van der Waals surface area contributed by atoms with Gasteiger partial charge in [0.15, 0.2) is 5.78 Å². The average molecular weight is 256 g/mol. The van der Waals surface area contributed by atoms with Crippen molar-refractivity contribution < 1.29 is 18.3 Å². The van der Waals surface area contributed by atoms with E-state index in [4.69, 9.17) is 4.74 Å². The fraction of sp³-hybridized carbons (Fsp3) is 0.500. The van der Waals surface area contributed by atoms with Gasteiger partial charge in [0.05, 0.1) is 6.61 Å². The third-order valence-corrected chi connectivity index (χ3v) is 2.66. The average Bonchev–Trinajstić information content (AvgIpc) is 2.34. The maximum Gasteiger partial charge on any atom is 0.304 e. The zero-order valence-electron chi connectivity index (χ0n) is 10.5. The van der Waals surface area contributed by atoms with Crippen LogP contribution in [0, 0.1) is 0 Å². The highest BCUT2D eigenvalue weighted by molar-refractivity contribution is 5.82. The number of halogens is 2. The van der Waals surface area contributed by atoms with Gasteiger partial charge in [0.1, 0.15) is 5.75 Å². The maximum absolute atomic E-state index is 12.9. The maximum atomic E-state index is 12.9. The topological polar surface area (TPSA) is 26.3 Å². The Morgan fingerprint density at radius 2 is 1.83 bits per heavy atom. The van der Waals surface area contributed by atoms with Crippen LogP contribution in [0.2, 0.25) is 0 Å². The normalized spacial score (nSPS) is 11.3. The fourth-order valence-corrected chi connectivity index (χ4v) is 1.51. The van der Waals surface area contributed by atoms with Gasteiger partial charge in [0.2, 0.25) is 0 Å². The Balaban J connectivity index is 2.08. The summed E-state index contributed by atoms with van der Waals surface area (Å²) in [6, 6.07) is 9.36. The number of hydrogen-bond donors (Lipinski definition) is 0. The first-order valence-electron chi connectivity index (χ1n) is 6.09. The molecule has 0 heterocycles. The van der Waals surface area contributed by atoms with Gasteiger partial charge in [-0.2, -0.15) is 8.78 Å². The molecule has 0 bridgehead atoms. The molecule has 0 N–H and O–H groups in total. The van der Waals surface area contributed by atoms with Crippen LogP contribution in [-0.2, 0) is 4.79 Å². The highest BCUT2D eigenvalue weighted by atomic mass is 19.3. The summed E-state index contributed by atoms with van der Waals surface area (Å²) in [7, 11) is 0. The van der Waals surface area contributed by atoms with Gasteiger partial charge in [-0.3, -0.25) is 4.79 Å². The smallest absolute Gasteiger partial charge is 0.304 e. The molecule has 1 aromatic rings. The monoisotopic (exact) mass is 256 g/mol. The first-order chi connectivity index (χ1) is 8.52. The number of carbonyl (C=O) groups excluding carboxylic acids is 1. The highest BCUT2D eigenvalue weighted by Crippen LogP contribution is 2.22. The molecule has 100 valence electrons. The summed E-state index contributed by atoms with van der Waals surface area (Å²) < 4.78 is 31.3.